The normalized spacial score (nSPS) is 24.3. The molecule has 34 heavy (non-hydrogen) atoms. The number of carbonyl (C=O) groups excluding carboxylic acids is 3. The highest BCUT2D eigenvalue weighted by Crippen LogP contribution is 2.40. The van der Waals surface area contributed by atoms with Crippen molar-refractivity contribution in [3.05, 3.63) is 30.7 Å². The Hall–Kier alpha value is -2.88. The van der Waals surface area contributed by atoms with Crippen molar-refractivity contribution in [2.75, 3.05) is 18.0 Å². The molecule has 2 aromatic rings. The molecule has 10 heteroatoms. The van der Waals surface area contributed by atoms with Crippen molar-refractivity contribution >= 4 is 35.4 Å². The minimum atomic E-state index is -0.426. The number of H-pyrrole nitrogens is 1. The largest absolute Gasteiger partial charge is 0.416 e. The Balaban J connectivity index is 1.14. The maximum absolute atomic E-state index is 12.8. The van der Waals surface area contributed by atoms with Gasteiger partial charge >= 0.3 is 6.09 Å². The summed E-state index contributed by atoms with van der Waals surface area (Å²) < 4.78 is 5.47. The third-order valence-corrected chi connectivity index (χ3v) is 8.45. The summed E-state index contributed by atoms with van der Waals surface area (Å²) in [6, 6.07) is 3.17. The summed E-state index contributed by atoms with van der Waals surface area (Å²) in [5.74, 6) is -0.0270. The van der Waals surface area contributed by atoms with Gasteiger partial charge in [-0.2, -0.15) is 0 Å². The summed E-state index contributed by atoms with van der Waals surface area (Å²) >= 11 is 1.72. The number of aromatic amines is 1. The molecule has 1 N–H and O–H groups in total. The molecular formula is C24H29N5O4S. The van der Waals surface area contributed by atoms with Gasteiger partial charge in [0, 0.05) is 36.8 Å². The van der Waals surface area contributed by atoms with Gasteiger partial charge in [-0.05, 0) is 37.7 Å². The van der Waals surface area contributed by atoms with Gasteiger partial charge in [-0.1, -0.05) is 31.5 Å². The maximum Gasteiger partial charge on any atom is 0.416 e. The number of rotatable bonds is 5. The quantitative estimate of drug-likeness (QED) is 0.508. The third kappa shape index (κ3) is 4.55. The number of likely N-dealkylation sites (tertiary alicyclic amines) is 1. The van der Waals surface area contributed by atoms with Crippen LogP contribution in [0.2, 0.25) is 0 Å². The van der Waals surface area contributed by atoms with Crippen LogP contribution in [0.25, 0.3) is 0 Å². The van der Waals surface area contributed by atoms with Gasteiger partial charge < -0.3 is 14.6 Å². The highest BCUT2D eigenvalue weighted by Gasteiger charge is 2.48. The molecular weight excluding hydrogens is 454 g/mol. The molecule has 180 valence electrons. The van der Waals surface area contributed by atoms with Gasteiger partial charge in [0.05, 0.1) is 23.7 Å². The number of hydrogen-bond acceptors (Lipinski definition) is 7. The van der Waals surface area contributed by atoms with Gasteiger partial charge in [-0.3, -0.25) is 9.59 Å². The van der Waals surface area contributed by atoms with Crippen molar-refractivity contribution in [2.24, 2.45) is 17.8 Å². The average Bonchev–Trinajstić information content (AvgIpc) is 3.46. The smallest absolute Gasteiger partial charge is 0.391 e. The molecule has 0 bridgehead atoms. The van der Waals surface area contributed by atoms with Crippen LogP contribution >= 0.6 is 11.8 Å². The zero-order chi connectivity index (χ0) is 23.7. The van der Waals surface area contributed by atoms with Crippen molar-refractivity contribution in [3.8, 4) is 5.88 Å². The Morgan fingerprint density at radius 1 is 1.09 bits per heavy atom. The maximum atomic E-state index is 12.8. The van der Waals surface area contributed by atoms with Gasteiger partial charge in [-0.15, -0.1) is 0 Å². The lowest BCUT2D eigenvalue weighted by atomic mass is 9.81. The summed E-state index contributed by atoms with van der Waals surface area (Å²) in [6.45, 7) is 3.45. The fourth-order valence-corrected chi connectivity index (χ4v) is 6.35. The van der Waals surface area contributed by atoms with Gasteiger partial charge in [0.25, 0.3) is 0 Å². The number of amides is 3. The predicted octanol–water partition coefficient (Wildman–Crippen LogP) is 3.88. The van der Waals surface area contributed by atoms with E-state index in [1.807, 2.05) is 6.20 Å². The molecule has 0 aromatic carbocycles. The number of piperidine rings is 1. The van der Waals surface area contributed by atoms with E-state index in [0.717, 1.165) is 43.7 Å². The standard InChI is InChI=1S/C24H29N5O4S/c1-15(34-23-25-10-11-26-23)16-8-12-28(13-9-16)24(32)33-20-7-6-17(14-27-20)29-21(30)18-4-2-3-5-19(18)22(29)31/h6-7,10-11,14-16,18-19H,2-5,8-9,12-13H2,1H3,(H,25,26). The van der Waals surface area contributed by atoms with Crippen molar-refractivity contribution in [1.82, 2.24) is 19.9 Å². The van der Waals surface area contributed by atoms with Crippen LogP contribution < -0.4 is 9.64 Å². The molecule has 0 radical (unpaired) electrons. The van der Waals surface area contributed by atoms with E-state index >= 15 is 0 Å². The molecule has 3 fully saturated rings. The molecule has 9 nitrogen and oxygen atoms in total. The van der Waals surface area contributed by atoms with Crippen LogP contribution in [0.3, 0.4) is 0 Å². The summed E-state index contributed by atoms with van der Waals surface area (Å²) in [5.41, 5.74) is 0.438. The first-order valence-corrected chi connectivity index (χ1v) is 12.9. The fourth-order valence-electron chi connectivity index (χ4n) is 5.27. The first kappa shape index (κ1) is 22.9. The van der Waals surface area contributed by atoms with Gasteiger partial charge in [0.15, 0.2) is 5.16 Å². The number of fused-ring (bicyclic) bond motifs is 1. The lowest BCUT2D eigenvalue weighted by molar-refractivity contribution is -0.122. The highest BCUT2D eigenvalue weighted by molar-refractivity contribution is 7.99. The number of pyridine rings is 1. The molecule has 0 spiro atoms. The second kappa shape index (κ2) is 9.77. The third-order valence-electron chi connectivity index (χ3n) is 7.24. The Morgan fingerprint density at radius 3 is 2.38 bits per heavy atom. The van der Waals surface area contributed by atoms with Gasteiger partial charge in [-0.25, -0.2) is 19.7 Å². The summed E-state index contributed by atoms with van der Waals surface area (Å²) in [5, 5.41) is 1.32. The number of nitrogens with zero attached hydrogens (tertiary/aromatic N) is 4. The molecule has 2 aromatic heterocycles. The molecule has 4 heterocycles. The predicted molar refractivity (Wildman–Crippen MR) is 126 cm³/mol. The molecule has 3 atom stereocenters. The summed E-state index contributed by atoms with van der Waals surface area (Å²) in [7, 11) is 0. The SMILES string of the molecule is CC(Sc1ncc[nH]1)C1CCN(C(=O)Oc2ccc(N3C(=O)C4CCCCC4C3=O)cn2)CC1. The summed E-state index contributed by atoms with van der Waals surface area (Å²) in [4.78, 5) is 52.7. The fraction of sp³-hybridized carbons (Fsp3) is 0.542. The topological polar surface area (TPSA) is 108 Å². The Labute approximate surface area is 202 Å². The second-order valence-electron chi connectivity index (χ2n) is 9.27. The van der Waals surface area contributed by atoms with Crippen LogP contribution in [0.4, 0.5) is 10.5 Å². The molecule has 3 unspecified atom stereocenters. The van der Waals surface area contributed by atoms with E-state index in [0.29, 0.717) is 29.9 Å². The lowest BCUT2D eigenvalue weighted by Gasteiger charge is -2.33. The van der Waals surface area contributed by atoms with Crippen molar-refractivity contribution in [2.45, 2.75) is 55.9 Å². The van der Waals surface area contributed by atoms with Gasteiger partial charge in [0.1, 0.15) is 0 Å². The van der Waals surface area contributed by atoms with E-state index < -0.39 is 6.09 Å². The number of anilines is 1. The minimum Gasteiger partial charge on any atom is -0.391 e. The zero-order valence-corrected chi connectivity index (χ0v) is 20.0. The first-order valence-electron chi connectivity index (χ1n) is 12.0. The monoisotopic (exact) mass is 483 g/mol. The van der Waals surface area contributed by atoms with Crippen LogP contribution in [0.15, 0.2) is 35.9 Å². The van der Waals surface area contributed by atoms with E-state index in [2.05, 4.69) is 21.9 Å². The molecule has 5 rings (SSSR count). The number of thioether (sulfide) groups is 1. The zero-order valence-electron chi connectivity index (χ0n) is 19.2. The van der Waals surface area contributed by atoms with Crippen LogP contribution in [0, 0.1) is 17.8 Å². The number of imide groups is 1. The van der Waals surface area contributed by atoms with Crippen molar-refractivity contribution in [3.63, 3.8) is 0 Å². The number of ether oxygens (including phenoxy) is 1. The number of imidazole rings is 1. The summed E-state index contributed by atoms with van der Waals surface area (Å²) in [6.07, 6.45) is 9.90. The van der Waals surface area contributed by atoms with Crippen molar-refractivity contribution < 1.29 is 19.1 Å². The molecule has 1 aliphatic carbocycles. The van der Waals surface area contributed by atoms with E-state index in [-0.39, 0.29) is 29.5 Å². The number of hydrogen-bond donors (Lipinski definition) is 1. The molecule has 2 saturated heterocycles. The van der Waals surface area contributed by atoms with Crippen LogP contribution in [-0.2, 0) is 9.59 Å². The minimum absolute atomic E-state index is 0.136. The number of carbonyl (C=O) groups is 3. The number of nitrogens with one attached hydrogen (secondary N) is 1. The Morgan fingerprint density at radius 2 is 1.79 bits per heavy atom. The molecule has 2 aliphatic heterocycles. The molecule has 3 amide bonds. The highest BCUT2D eigenvalue weighted by atomic mass is 32.2. The van der Waals surface area contributed by atoms with Gasteiger partial charge in [0.2, 0.25) is 17.7 Å². The van der Waals surface area contributed by atoms with Crippen molar-refractivity contribution in [1.29, 1.82) is 0 Å². The first-order chi connectivity index (χ1) is 16.5. The molecule has 1 saturated carbocycles. The Kier molecular flexibility index (Phi) is 6.58. The van der Waals surface area contributed by atoms with Crippen LogP contribution in [0.5, 0.6) is 5.88 Å². The van der Waals surface area contributed by atoms with Crippen LogP contribution in [-0.4, -0.2) is 56.1 Å². The number of aromatic nitrogens is 3. The second-order valence-corrected chi connectivity index (χ2v) is 10.6. The van der Waals surface area contributed by atoms with E-state index in [1.54, 1.807) is 35.0 Å². The van der Waals surface area contributed by atoms with E-state index in [4.69, 9.17) is 4.74 Å². The molecule has 3 aliphatic rings. The van der Waals surface area contributed by atoms with Crippen LogP contribution in [0.1, 0.15) is 45.4 Å². The van der Waals surface area contributed by atoms with E-state index in [1.165, 1.54) is 11.1 Å². The average molecular weight is 484 g/mol. The lowest BCUT2D eigenvalue weighted by Crippen LogP contribution is -2.41. The van der Waals surface area contributed by atoms with E-state index in [9.17, 15) is 14.4 Å². The Bertz CT molecular complexity index is 1010.